The Morgan fingerprint density at radius 2 is 1.57 bits per heavy atom. The Morgan fingerprint density at radius 1 is 0.933 bits per heavy atom. The molecule has 7 heteroatoms. The second kappa shape index (κ2) is 8.30. The number of halogens is 3. The molecule has 0 radical (unpaired) electrons. The van der Waals surface area contributed by atoms with E-state index in [0.717, 1.165) is 11.8 Å². The largest absolute Gasteiger partial charge is 0.363 e. The Hall–Kier alpha value is -2.54. The van der Waals surface area contributed by atoms with Gasteiger partial charge in [-0.25, -0.2) is 13.2 Å². The number of nitrogens with zero attached hydrogens (tertiary/aromatic N) is 2. The molecular weight excluding hydrogens is 391 g/mol. The van der Waals surface area contributed by atoms with E-state index in [1.54, 1.807) is 12.1 Å². The molecule has 2 fully saturated rings. The summed E-state index contributed by atoms with van der Waals surface area (Å²) in [7, 11) is 0. The van der Waals surface area contributed by atoms with E-state index >= 15 is 0 Å². The number of benzene rings is 2. The van der Waals surface area contributed by atoms with Crippen molar-refractivity contribution in [1.82, 2.24) is 10.2 Å². The van der Waals surface area contributed by atoms with Gasteiger partial charge in [-0.2, -0.15) is 0 Å². The molecule has 1 amide bonds. The van der Waals surface area contributed by atoms with E-state index in [0.29, 0.717) is 31.7 Å². The highest BCUT2D eigenvalue weighted by Crippen LogP contribution is 2.33. The summed E-state index contributed by atoms with van der Waals surface area (Å²) >= 11 is 0. The molecule has 2 heterocycles. The van der Waals surface area contributed by atoms with Crippen molar-refractivity contribution in [3.63, 3.8) is 0 Å². The summed E-state index contributed by atoms with van der Waals surface area (Å²) in [6.07, 6.45) is 0. The lowest BCUT2D eigenvalue weighted by atomic mass is 9.87. The fourth-order valence-corrected chi connectivity index (χ4v) is 4.93. The zero-order chi connectivity index (χ0) is 21.4. The molecule has 4 atom stereocenters. The monoisotopic (exact) mass is 417 g/mol. The zero-order valence-corrected chi connectivity index (χ0v) is 17.1. The summed E-state index contributed by atoms with van der Waals surface area (Å²) in [4.78, 5) is 17.4. The van der Waals surface area contributed by atoms with Crippen LogP contribution in [0.5, 0.6) is 0 Å². The topological polar surface area (TPSA) is 35.6 Å². The normalized spacial score (nSPS) is 26.8. The van der Waals surface area contributed by atoms with Gasteiger partial charge in [0.2, 0.25) is 5.91 Å². The standard InChI is InChI=1S/C23H26F3N3O/c1-14-12-28(13-15(2)29(14)18-6-3-16(24)4-7-18)23(30)21-11-27-10-20(21)19-8-5-17(25)9-22(19)26/h3-9,14-15,20-21,27H,10-13H2,1-2H3/t14-,15+,20-,21+/m1/s1. The first kappa shape index (κ1) is 20.7. The van der Waals surface area contributed by atoms with E-state index in [2.05, 4.69) is 10.2 Å². The van der Waals surface area contributed by atoms with Gasteiger partial charge in [-0.3, -0.25) is 4.79 Å². The minimum atomic E-state index is -0.621. The van der Waals surface area contributed by atoms with Crippen LogP contribution in [-0.2, 0) is 4.79 Å². The van der Waals surface area contributed by atoms with E-state index in [4.69, 9.17) is 0 Å². The van der Waals surface area contributed by atoms with Crippen molar-refractivity contribution < 1.29 is 18.0 Å². The molecule has 0 aliphatic carbocycles. The van der Waals surface area contributed by atoms with Gasteiger partial charge in [0, 0.05) is 55.9 Å². The van der Waals surface area contributed by atoms with Gasteiger partial charge < -0.3 is 15.1 Å². The van der Waals surface area contributed by atoms with E-state index in [1.807, 2.05) is 18.7 Å². The first-order chi connectivity index (χ1) is 14.3. The summed E-state index contributed by atoms with van der Waals surface area (Å²) in [5.74, 6) is -2.22. The summed E-state index contributed by atoms with van der Waals surface area (Å²) in [6, 6.07) is 10.1. The highest BCUT2D eigenvalue weighted by atomic mass is 19.1. The molecule has 30 heavy (non-hydrogen) atoms. The summed E-state index contributed by atoms with van der Waals surface area (Å²) in [5, 5.41) is 3.19. The average Bonchev–Trinajstić information content (AvgIpc) is 3.17. The molecule has 0 saturated carbocycles. The summed E-state index contributed by atoms with van der Waals surface area (Å²) < 4.78 is 40.9. The number of hydrogen-bond donors (Lipinski definition) is 1. The lowest BCUT2D eigenvalue weighted by molar-refractivity contribution is -0.136. The number of hydrogen-bond acceptors (Lipinski definition) is 3. The minimum Gasteiger partial charge on any atom is -0.363 e. The number of nitrogens with one attached hydrogen (secondary N) is 1. The number of rotatable bonds is 3. The van der Waals surface area contributed by atoms with Gasteiger partial charge in [0.1, 0.15) is 17.5 Å². The molecule has 0 bridgehead atoms. The van der Waals surface area contributed by atoms with Crippen LogP contribution in [0.2, 0.25) is 0 Å². The van der Waals surface area contributed by atoms with Crippen LogP contribution in [-0.4, -0.2) is 49.1 Å². The van der Waals surface area contributed by atoms with E-state index < -0.39 is 11.6 Å². The van der Waals surface area contributed by atoms with Crippen molar-refractivity contribution in [2.45, 2.75) is 31.8 Å². The lowest BCUT2D eigenvalue weighted by Crippen LogP contribution is -2.59. The van der Waals surface area contributed by atoms with Gasteiger partial charge in [0.25, 0.3) is 0 Å². The molecule has 4 nitrogen and oxygen atoms in total. The minimum absolute atomic E-state index is 0.00817. The molecule has 160 valence electrons. The quantitative estimate of drug-likeness (QED) is 0.830. The predicted octanol–water partition coefficient (Wildman–Crippen LogP) is 3.53. The fraction of sp³-hybridized carbons (Fsp3) is 0.435. The van der Waals surface area contributed by atoms with Crippen molar-refractivity contribution in [1.29, 1.82) is 0 Å². The van der Waals surface area contributed by atoms with Crippen LogP contribution in [0.25, 0.3) is 0 Å². The summed E-state index contributed by atoms with van der Waals surface area (Å²) in [6.45, 7) is 6.12. The Morgan fingerprint density at radius 3 is 2.20 bits per heavy atom. The van der Waals surface area contributed by atoms with E-state index in [-0.39, 0.29) is 35.6 Å². The van der Waals surface area contributed by atoms with Gasteiger partial charge in [-0.1, -0.05) is 6.07 Å². The molecule has 2 saturated heterocycles. The van der Waals surface area contributed by atoms with E-state index in [9.17, 15) is 18.0 Å². The maximum Gasteiger partial charge on any atom is 0.227 e. The zero-order valence-electron chi connectivity index (χ0n) is 17.1. The molecule has 2 aliphatic rings. The van der Waals surface area contributed by atoms with Crippen LogP contribution in [0, 0.1) is 23.4 Å². The fourth-order valence-electron chi connectivity index (χ4n) is 4.93. The number of amides is 1. The molecule has 0 spiro atoms. The molecule has 0 unspecified atom stereocenters. The van der Waals surface area contributed by atoms with Gasteiger partial charge in [-0.15, -0.1) is 0 Å². The third-order valence-electron chi connectivity index (χ3n) is 6.25. The van der Waals surface area contributed by atoms with Crippen molar-refractivity contribution in [3.05, 3.63) is 65.5 Å². The molecule has 2 aromatic rings. The van der Waals surface area contributed by atoms with Crippen molar-refractivity contribution in [2.75, 3.05) is 31.1 Å². The third-order valence-corrected chi connectivity index (χ3v) is 6.25. The number of carbonyl (C=O) groups excluding carboxylic acids is 1. The second-order valence-corrected chi connectivity index (χ2v) is 8.36. The van der Waals surface area contributed by atoms with Gasteiger partial charge in [-0.05, 0) is 49.7 Å². The average molecular weight is 417 g/mol. The van der Waals surface area contributed by atoms with Crippen molar-refractivity contribution in [2.24, 2.45) is 5.92 Å². The van der Waals surface area contributed by atoms with Crippen LogP contribution in [0.3, 0.4) is 0 Å². The van der Waals surface area contributed by atoms with Crippen LogP contribution in [0.4, 0.5) is 18.9 Å². The van der Waals surface area contributed by atoms with Crippen molar-refractivity contribution >= 4 is 11.6 Å². The molecule has 2 aromatic carbocycles. The predicted molar refractivity (Wildman–Crippen MR) is 110 cm³/mol. The Kier molecular flexibility index (Phi) is 5.73. The molecule has 0 aromatic heterocycles. The first-order valence-electron chi connectivity index (χ1n) is 10.3. The SMILES string of the molecule is C[C@@H]1CN(C(=O)[C@H]2CNC[C@@H]2c2ccc(F)cc2F)C[C@H](C)N1c1ccc(F)cc1. The summed E-state index contributed by atoms with van der Waals surface area (Å²) in [5.41, 5.74) is 1.31. The van der Waals surface area contributed by atoms with Crippen molar-refractivity contribution in [3.8, 4) is 0 Å². The van der Waals surface area contributed by atoms with Crippen LogP contribution >= 0.6 is 0 Å². The second-order valence-electron chi connectivity index (χ2n) is 8.36. The van der Waals surface area contributed by atoms with E-state index in [1.165, 1.54) is 24.3 Å². The van der Waals surface area contributed by atoms with Crippen LogP contribution in [0.15, 0.2) is 42.5 Å². The molecule has 4 rings (SSSR count). The highest BCUT2D eigenvalue weighted by Gasteiger charge is 2.40. The van der Waals surface area contributed by atoms with Gasteiger partial charge >= 0.3 is 0 Å². The van der Waals surface area contributed by atoms with Crippen LogP contribution in [0.1, 0.15) is 25.3 Å². The number of carbonyl (C=O) groups is 1. The first-order valence-corrected chi connectivity index (χ1v) is 10.3. The van der Waals surface area contributed by atoms with Gasteiger partial charge in [0.05, 0.1) is 5.92 Å². The Labute approximate surface area is 174 Å². The molecule has 1 N–H and O–H groups in total. The molecular formula is C23H26F3N3O. The smallest absolute Gasteiger partial charge is 0.227 e. The number of anilines is 1. The Balaban J connectivity index is 1.50. The third kappa shape index (κ3) is 3.90. The molecule has 2 aliphatic heterocycles. The Bertz CT molecular complexity index is 908. The maximum absolute atomic E-state index is 14.3. The number of piperazine rings is 1. The maximum atomic E-state index is 14.3. The van der Waals surface area contributed by atoms with Crippen LogP contribution < -0.4 is 10.2 Å². The lowest BCUT2D eigenvalue weighted by Gasteiger charge is -2.46. The highest BCUT2D eigenvalue weighted by molar-refractivity contribution is 5.81. The van der Waals surface area contributed by atoms with Gasteiger partial charge in [0.15, 0.2) is 0 Å².